The van der Waals surface area contributed by atoms with Crippen LogP contribution in [-0.2, 0) is 31.9 Å². The van der Waals surface area contributed by atoms with Gasteiger partial charge in [0.25, 0.3) is 0 Å². The molecule has 366 valence electrons. The van der Waals surface area contributed by atoms with Gasteiger partial charge in [-0.25, -0.2) is 4.98 Å². The molecule has 12 rings (SSSR count). The molecule has 2 aromatic heterocycles. The number of nitrogens with zero attached hydrogens (tertiary/aromatic N) is 4. The van der Waals surface area contributed by atoms with Crippen LogP contribution in [0.15, 0.2) is 218 Å². The van der Waals surface area contributed by atoms with Crippen LogP contribution in [0.5, 0.6) is 11.5 Å². The third kappa shape index (κ3) is 8.90. The van der Waals surface area contributed by atoms with E-state index in [1.165, 1.54) is 0 Å². The van der Waals surface area contributed by atoms with E-state index in [-0.39, 0.29) is 54.4 Å². The molecule has 0 spiro atoms. The minimum Gasteiger partial charge on any atom is -0.509 e. The minimum absolute atomic E-state index is 0. The Labute approximate surface area is 463 Å². The Balaban J connectivity index is 0.00000736. The van der Waals surface area contributed by atoms with Gasteiger partial charge in [0.15, 0.2) is 0 Å². The maximum absolute atomic E-state index is 9.65. The summed E-state index contributed by atoms with van der Waals surface area (Å²) in [5.41, 5.74) is 7.41. The molecule has 74 heavy (non-hydrogen) atoms. The number of ether oxygens (including phenoxy) is 1. The van der Waals surface area contributed by atoms with Gasteiger partial charge < -0.3 is 19.1 Å². The second-order valence-electron chi connectivity index (χ2n) is 20.2. The number of aromatic nitrogens is 2. The fourth-order valence-electron chi connectivity index (χ4n) is 9.78. The fourth-order valence-corrected chi connectivity index (χ4v) is 9.78. The van der Waals surface area contributed by atoms with Crippen molar-refractivity contribution in [3.8, 4) is 61.8 Å². The molecule has 1 aliphatic rings. The van der Waals surface area contributed by atoms with E-state index in [2.05, 4.69) is 76.4 Å². The number of para-hydroxylation sites is 3. The Bertz CT molecular complexity index is 4250. The molecule has 11 aromatic rings. The predicted molar refractivity (Wildman–Crippen MR) is 303 cm³/mol. The van der Waals surface area contributed by atoms with E-state index < -0.39 is 65.8 Å². The number of fused-ring (bicyclic) bond motifs is 4. The van der Waals surface area contributed by atoms with Crippen molar-refractivity contribution in [1.29, 1.82) is 0 Å². The summed E-state index contributed by atoms with van der Waals surface area (Å²) in [5.74, 6) is 1.58. The van der Waals surface area contributed by atoms with Gasteiger partial charge in [-0.15, -0.1) is 53.6 Å². The average Bonchev–Trinajstić information content (AvgIpc) is 1.43. The van der Waals surface area contributed by atoms with Crippen molar-refractivity contribution < 1.29 is 39.5 Å². The number of rotatable bonds is 9. The first-order valence-electron chi connectivity index (χ1n) is 29.3. The molecule has 0 saturated heterocycles. The molecule has 1 aliphatic heterocycles. The minimum atomic E-state index is -0.586. The van der Waals surface area contributed by atoms with Gasteiger partial charge in [-0.1, -0.05) is 198 Å². The van der Waals surface area contributed by atoms with E-state index in [0.29, 0.717) is 50.8 Å². The van der Waals surface area contributed by atoms with Crippen molar-refractivity contribution in [1.82, 2.24) is 9.55 Å². The monoisotopic (exact) mass is 1150 g/mol. The van der Waals surface area contributed by atoms with Gasteiger partial charge in [0.05, 0.1) is 13.7 Å². The molecule has 3 heterocycles. The van der Waals surface area contributed by atoms with Gasteiger partial charge in [-0.3, -0.25) is 0 Å². The Morgan fingerprint density at radius 1 is 0.514 bits per heavy atom. The van der Waals surface area contributed by atoms with Crippen LogP contribution in [0.4, 0.5) is 22.7 Å². The maximum atomic E-state index is 9.65. The second-order valence-corrected chi connectivity index (χ2v) is 20.2. The first-order chi connectivity index (χ1) is 39.6. The number of pyridine rings is 1. The van der Waals surface area contributed by atoms with Crippen molar-refractivity contribution in [2.75, 3.05) is 9.80 Å². The Morgan fingerprint density at radius 2 is 1.08 bits per heavy atom. The van der Waals surface area contributed by atoms with E-state index in [4.69, 9.17) is 17.9 Å². The quantitative estimate of drug-likeness (QED) is 0.135. The van der Waals surface area contributed by atoms with E-state index >= 15 is 0 Å². The zero-order valence-electron chi connectivity index (χ0n) is 51.6. The van der Waals surface area contributed by atoms with Crippen molar-refractivity contribution in [3.05, 3.63) is 248 Å². The van der Waals surface area contributed by atoms with Crippen molar-refractivity contribution in [2.45, 2.75) is 52.4 Å². The Kier molecular flexibility index (Phi) is 9.92. The van der Waals surface area contributed by atoms with Gasteiger partial charge in [0.1, 0.15) is 5.82 Å². The summed E-state index contributed by atoms with van der Waals surface area (Å²) in [6.07, 6.45) is 1.84. The summed E-state index contributed by atoms with van der Waals surface area (Å²) in [6.45, 7) is 14.7. The third-order valence-electron chi connectivity index (χ3n) is 13.4. The predicted octanol–water partition coefficient (Wildman–Crippen LogP) is 18.2. The first kappa shape index (κ1) is 37.7. The van der Waals surface area contributed by atoms with E-state index in [1.54, 1.807) is 0 Å². The molecule has 6 heteroatoms. The largest absolute Gasteiger partial charge is 0.509 e. The number of hydrogen-bond donors (Lipinski definition) is 0. The zero-order chi connectivity index (χ0) is 58.6. The van der Waals surface area contributed by atoms with E-state index in [0.717, 1.165) is 38.8 Å². The van der Waals surface area contributed by atoms with Gasteiger partial charge in [-0.05, 0) is 91.6 Å². The van der Waals surface area contributed by atoms with Gasteiger partial charge in [-0.2, -0.15) is 6.07 Å². The van der Waals surface area contributed by atoms with Crippen LogP contribution >= 0.6 is 0 Å². The van der Waals surface area contributed by atoms with Crippen molar-refractivity contribution in [2.24, 2.45) is 0 Å². The van der Waals surface area contributed by atoms with Crippen LogP contribution in [-0.4, -0.2) is 9.55 Å². The molecule has 0 N–H and O–H groups in total. The molecular formula is C68H55N4OPt-3. The first-order valence-corrected chi connectivity index (χ1v) is 24.3. The Morgan fingerprint density at radius 3 is 1.69 bits per heavy atom. The van der Waals surface area contributed by atoms with E-state index in [9.17, 15) is 5.48 Å². The van der Waals surface area contributed by atoms with Crippen LogP contribution < -0.4 is 14.5 Å². The number of hydrogen-bond acceptors (Lipinski definition) is 4. The molecule has 0 saturated carbocycles. The Hall–Kier alpha value is -7.98. The molecule has 9 aromatic carbocycles. The summed E-state index contributed by atoms with van der Waals surface area (Å²) in [4.78, 5) is 8.64. The second kappa shape index (κ2) is 19.5. The summed E-state index contributed by atoms with van der Waals surface area (Å²) < 4.78 is 101. The summed E-state index contributed by atoms with van der Waals surface area (Å²) in [5, 5.41) is 2.02. The smallest absolute Gasteiger partial charge is 0.135 e. The van der Waals surface area contributed by atoms with Gasteiger partial charge in [0.2, 0.25) is 0 Å². The molecule has 0 atom stereocenters. The molecule has 0 bridgehead atoms. The molecule has 0 radical (unpaired) electrons. The molecule has 0 unspecified atom stereocenters. The SMILES string of the molecule is [2H]c1c([2H])c([2H])c(-c2c(-c3ccccc3)cc(-c3ccccc3)c(-c3c([2H])c([2H])c([2H])c([2H])c3[2H])c2N2[CH-]N(c3[c-]c(Oc4[c-]c5c(cc4)c4ccccc4n5-c4cc(C(C)(C)C)ccn4)cc(C(C)(C)C)c3)c3ccccc32)c([2H])c1[2H].[Pt]. The summed E-state index contributed by atoms with van der Waals surface area (Å²) in [7, 11) is 0. The molecule has 0 amide bonds. The number of anilines is 4. The summed E-state index contributed by atoms with van der Waals surface area (Å²) in [6, 6.07) is 50.1. The summed E-state index contributed by atoms with van der Waals surface area (Å²) >= 11 is 0. The fraction of sp³-hybridized carbons (Fsp3) is 0.118. The van der Waals surface area contributed by atoms with Gasteiger partial charge in [0, 0.05) is 72.5 Å². The van der Waals surface area contributed by atoms with E-state index in [1.807, 2.05) is 156 Å². The van der Waals surface area contributed by atoms with Crippen LogP contribution in [0.1, 0.15) is 66.4 Å². The number of benzene rings is 9. The van der Waals surface area contributed by atoms with Crippen molar-refractivity contribution in [3.63, 3.8) is 0 Å². The topological polar surface area (TPSA) is 33.5 Å². The van der Waals surface area contributed by atoms with Gasteiger partial charge >= 0.3 is 0 Å². The third-order valence-corrected chi connectivity index (χ3v) is 13.4. The van der Waals surface area contributed by atoms with Crippen LogP contribution in [0.2, 0.25) is 0 Å². The molecule has 0 aliphatic carbocycles. The van der Waals surface area contributed by atoms with Crippen LogP contribution in [0, 0.1) is 18.8 Å². The van der Waals surface area contributed by atoms with Crippen LogP contribution in [0.3, 0.4) is 0 Å². The molecule has 5 nitrogen and oxygen atoms in total. The van der Waals surface area contributed by atoms with Crippen molar-refractivity contribution >= 4 is 44.6 Å². The zero-order valence-corrected chi connectivity index (χ0v) is 43.9. The normalized spacial score (nSPS) is 14.4. The maximum Gasteiger partial charge on any atom is 0.135 e. The molecular weight excluding hydrogens is 1080 g/mol. The van der Waals surface area contributed by atoms with Crippen LogP contribution in [0.25, 0.3) is 72.1 Å². The average molecular weight is 1150 g/mol. The standard InChI is InChI=1S/C68H55N4O.Pt/c1-67(2,3)50-37-38-69-63(41-50)72-59-32-20-19-31-55(59)56-36-35-53(43-62(56)72)73-54-40-51(68(4,5)6)39-52(42-54)70-45-71(61-34-22-21-33-60(61)70)66-64(48-27-15-9-16-28-48)57(46-23-11-7-12-24-46)44-58(47-25-13-8-14-26-47)65(66)49-29-17-10-18-30-49;/h7-41,44-45H,1-6H3;/q-3;/i9D,10D,15D,16D,17D,18D,27D,28D,29D,30D;. The molecule has 0 fully saturated rings.